The number of carbonyl (C=O) groups excluding carboxylic acids is 1. The van der Waals surface area contributed by atoms with Crippen molar-refractivity contribution in [3.05, 3.63) is 59.3 Å². The Balaban J connectivity index is 1.46. The number of rotatable bonds is 7. The Labute approximate surface area is 196 Å². The number of aromatic amines is 1. The van der Waals surface area contributed by atoms with Gasteiger partial charge in [0.15, 0.2) is 0 Å². The van der Waals surface area contributed by atoms with Gasteiger partial charge in [0.05, 0.1) is 18.1 Å². The maximum absolute atomic E-state index is 12.1. The number of ether oxygens (including phenoxy) is 2. The molecule has 0 radical (unpaired) electrons. The second-order valence-electron chi connectivity index (χ2n) is 10.3. The Kier molecular flexibility index (Phi) is 6.75. The van der Waals surface area contributed by atoms with Gasteiger partial charge < -0.3 is 9.47 Å². The van der Waals surface area contributed by atoms with E-state index in [1.807, 2.05) is 27.0 Å². The second-order valence-corrected chi connectivity index (χ2v) is 10.3. The number of nitrogens with zero attached hydrogens (tertiary/aromatic N) is 2. The summed E-state index contributed by atoms with van der Waals surface area (Å²) in [6.07, 6.45) is 3.13. The zero-order valence-electron chi connectivity index (χ0n) is 20.4. The number of H-pyrrole nitrogens is 1. The van der Waals surface area contributed by atoms with E-state index < -0.39 is 5.60 Å². The van der Waals surface area contributed by atoms with Gasteiger partial charge >= 0.3 is 5.97 Å². The van der Waals surface area contributed by atoms with Crippen LogP contribution >= 0.6 is 0 Å². The van der Waals surface area contributed by atoms with Gasteiger partial charge in [0.2, 0.25) is 0 Å². The average Bonchev–Trinajstić information content (AvgIpc) is 3.22. The highest BCUT2D eigenvalue weighted by molar-refractivity contribution is 5.78. The van der Waals surface area contributed by atoms with Gasteiger partial charge in [-0.2, -0.15) is 5.10 Å². The number of hydrogen-bond donors (Lipinski definition) is 1. The van der Waals surface area contributed by atoms with E-state index in [-0.39, 0.29) is 12.1 Å². The summed E-state index contributed by atoms with van der Waals surface area (Å²) in [5.41, 5.74) is 4.31. The third-order valence-electron chi connectivity index (χ3n) is 6.01. The molecule has 0 aliphatic carbocycles. The Morgan fingerprint density at radius 3 is 2.79 bits per heavy atom. The second kappa shape index (κ2) is 9.56. The van der Waals surface area contributed by atoms with Gasteiger partial charge in [0, 0.05) is 25.0 Å². The first-order chi connectivity index (χ1) is 15.7. The van der Waals surface area contributed by atoms with E-state index in [2.05, 4.69) is 65.3 Å². The maximum atomic E-state index is 12.1. The predicted molar refractivity (Wildman–Crippen MR) is 130 cm³/mol. The monoisotopic (exact) mass is 449 g/mol. The molecule has 6 nitrogen and oxygen atoms in total. The van der Waals surface area contributed by atoms with Crippen molar-refractivity contribution in [2.75, 3.05) is 13.1 Å². The minimum atomic E-state index is -0.438. The normalized spacial score (nSPS) is 15.5. The van der Waals surface area contributed by atoms with Crippen molar-refractivity contribution in [3.63, 3.8) is 0 Å². The maximum Gasteiger partial charge on any atom is 0.307 e. The third kappa shape index (κ3) is 5.74. The molecule has 33 heavy (non-hydrogen) atoms. The first-order valence-electron chi connectivity index (χ1n) is 11.8. The highest BCUT2D eigenvalue weighted by Crippen LogP contribution is 2.35. The molecule has 0 saturated carbocycles. The molecule has 0 spiro atoms. The Hall–Kier alpha value is -2.86. The van der Waals surface area contributed by atoms with E-state index in [9.17, 15) is 4.79 Å². The molecule has 1 atom stereocenters. The summed E-state index contributed by atoms with van der Waals surface area (Å²) in [5.74, 6) is 1.14. The fourth-order valence-corrected chi connectivity index (χ4v) is 4.44. The van der Waals surface area contributed by atoms with E-state index in [4.69, 9.17) is 9.47 Å². The lowest BCUT2D eigenvalue weighted by molar-refractivity contribution is -0.155. The van der Waals surface area contributed by atoms with Gasteiger partial charge in [-0.25, -0.2) is 0 Å². The zero-order valence-corrected chi connectivity index (χ0v) is 20.4. The molecular weight excluding hydrogens is 414 g/mol. The fraction of sp³-hybridized carbons (Fsp3) is 0.481. The van der Waals surface area contributed by atoms with Gasteiger partial charge in [-0.15, -0.1) is 0 Å². The highest BCUT2D eigenvalue weighted by Gasteiger charge is 2.24. The molecule has 0 saturated heterocycles. The molecule has 0 amide bonds. The number of esters is 1. The number of nitrogens with one attached hydrogen (secondary N) is 1. The minimum absolute atomic E-state index is 0.0407. The summed E-state index contributed by atoms with van der Waals surface area (Å²) in [7, 11) is 0. The van der Waals surface area contributed by atoms with Crippen LogP contribution in [0.4, 0.5) is 0 Å². The lowest BCUT2D eigenvalue weighted by atomic mass is 9.96. The van der Waals surface area contributed by atoms with Crippen LogP contribution in [0, 0.1) is 5.92 Å². The van der Waals surface area contributed by atoms with Gasteiger partial charge in [-0.1, -0.05) is 32.0 Å². The van der Waals surface area contributed by atoms with E-state index >= 15 is 0 Å². The van der Waals surface area contributed by atoms with E-state index in [1.54, 1.807) is 0 Å². The van der Waals surface area contributed by atoms with Gasteiger partial charge in [0.25, 0.3) is 0 Å². The molecule has 1 aliphatic rings. The molecule has 1 aliphatic heterocycles. The van der Waals surface area contributed by atoms with Crippen molar-refractivity contribution in [1.29, 1.82) is 0 Å². The van der Waals surface area contributed by atoms with Crippen LogP contribution in [-0.2, 0) is 22.5 Å². The Morgan fingerprint density at radius 1 is 1.21 bits per heavy atom. The standard InChI is InChI=1S/C27H35N3O3/c1-18(2)26(19-9-10-23-21(15-19)16-28-29-23)32-24-8-6-7-20-17-30(13-11-22(20)24)14-12-25(31)33-27(3,4)5/h6-10,15-16,18,26H,11-14,17H2,1-5H3,(H,28,29). The van der Waals surface area contributed by atoms with E-state index in [1.165, 1.54) is 11.1 Å². The molecule has 2 aromatic carbocycles. The van der Waals surface area contributed by atoms with Crippen LogP contribution in [0.1, 0.15) is 63.8 Å². The number of aromatic nitrogens is 2. The lowest BCUT2D eigenvalue weighted by Crippen LogP contribution is -2.34. The predicted octanol–water partition coefficient (Wildman–Crippen LogP) is 5.43. The van der Waals surface area contributed by atoms with E-state index in [0.29, 0.717) is 18.9 Å². The quantitative estimate of drug-likeness (QED) is 0.487. The van der Waals surface area contributed by atoms with Crippen LogP contribution in [0.2, 0.25) is 0 Å². The first kappa shape index (κ1) is 23.3. The summed E-state index contributed by atoms with van der Waals surface area (Å²) >= 11 is 0. The summed E-state index contributed by atoms with van der Waals surface area (Å²) in [6.45, 7) is 12.5. The minimum Gasteiger partial charge on any atom is -0.485 e. The molecule has 1 aromatic heterocycles. The van der Waals surface area contributed by atoms with Crippen LogP contribution in [0.3, 0.4) is 0 Å². The van der Waals surface area contributed by atoms with Crippen molar-refractivity contribution in [3.8, 4) is 5.75 Å². The SMILES string of the molecule is CC(C)C(Oc1cccc2c1CCN(CCC(=O)OC(C)(C)C)C2)c1ccc2[nH]ncc2c1. The lowest BCUT2D eigenvalue weighted by Gasteiger charge is -2.31. The van der Waals surface area contributed by atoms with Crippen LogP contribution in [-0.4, -0.2) is 39.8 Å². The third-order valence-corrected chi connectivity index (χ3v) is 6.01. The van der Waals surface area contributed by atoms with Crippen LogP contribution < -0.4 is 4.74 Å². The van der Waals surface area contributed by atoms with Crippen molar-refractivity contribution in [2.45, 2.75) is 65.7 Å². The number of hydrogen-bond acceptors (Lipinski definition) is 5. The van der Waals surface area contributed by atoms with Crippen LogP contribution in [0.15, 0.2) is 42.6 Å². The zero-order chi connectivity index (χ0) is 23.6. The molecule has 0 bridgehead atoms. The summed E-state index contributed by atoms with van der Waals surface area (Å²) in [5, 5.41) is 8.25. The molecule has 4 rings (SSSR count). The molecule has 6 heteroatoms. The number of carbonyl (C=O) groups is 1. The molecule has 176 valence electrons. The van der Waals surface area contributed by atoms with Crippen molar-refractivity contribution >= 4 is 16.9 Å². The van der Waals surface area contributed by atoms with Gasteiger partial charge in [-0.05, 0) is 68.0 Å². The topological polar surface area (TPSA) is 67.4 Å². The number of fused-ring (bicyclic) bond motifs is 2. The van der Waals surface area contributed by atoms with Crippen molar-refractivity contribution < 1.29 is 14.3 Å². The van der Waals surface area contributed by atoms with Crippen LogP contribution in [0.5, 0.6) is 5.75 Å². The molecule has 1 N–H and O–H groups in total. The summed E-state index contributed by atoms with van der Waals surface area (Å²) < 4.78 is 12.1. The average molecular weight is 450 g/mol. The van der Waals surface area contributed by atoms with Crippen molar-refractivity contribution in [2.24, 2.45) is 5.92 Å². The Morgan fingerprint density at radius 2 is 2.03 bits per heavy atom. The molecule has 0 fully saturated rings. The number of benzene rings is 2. The van der Waals surface area contributed by atoms with E-state index in [0.717, 1.165) is 41.7 Å². The Bertz CT molecular complexity index is 1110. The first-order valence-corrected chi connectivity index (χ1v) is 11.8. The fourth-order valence-electron chi connectivity index (χ4n) is 4.44. The largest absolute Gasteiger partial charge is 0.485 e. The van der Waals surface area contributed by atoms with Crippen LogP contribution in [0.25, 0.3) is 10.9 Å². The molecule has 2 heterocycles. The van der Waals surface area contributed by atoms with Gasteiger partial charge in [0.1, 0.15) is 17.5 Å². The highest BCUT2D eigenvalue weighted by atomic mass is 16.6. The van der Waals surface area contributed by atoms with Crippen molar-refractivity contribution in [1.82, 2.24) is 15.1 Å². The molecular formula is C27H35N3O3. The van der Waals surface area contributed by atoms with Gasteiger partial charge in [-0.3, -0.25) is 14.8 Å². The summed E-state index contributed by atoms with van der Waals surface area (Å²) in [6, 6.07) is 12.7. The molecule has 1 unspecified atom stereocenters. The molecule has 3 aromatic rings. The smallest absolute Gasteiger partial charge is 0.307 e. The summed E-state index contributed by atoms with van der Waals surface area (Å²) in [4.78, 5) is 14.4.